The number of hydrogen-bond acceptors (Lipinski definition) is 4. The standard InChI is InChI=1S/C15H24N2OS/c1-2-18-15(9-4-3-5-10-15)14-17-13-11(16)7-6-8-12(13)19-14/h11H,2-10,16H2,1H3. The van der Waals surface area contributed by atoms with Crippen molar-refractivity contribution in [1.82, 2.24) is 4.98 Å². The van der Waals surface area contributed by atoms with Crippen molar-refractivity contribution in [2.75, 3.05) is 6.61 Å². The van der Waals surface area contributed by atoms with Crippen molar-refractivity contribution >= 4 is 11.3 Å². The second-order valence-electron chi connectivity index (χ2n) is 5.81. The maximum atomic E-state index is 6.21. The summed E-state index contributed by atoms with van der Waals surface area (Å²) in [6.45, 7) is 2.87. The molecule has 0 spiro atoms. The Kier molecular flexibility index (Phi) is 3.92. The molecule has 1 atom stereocenters. The fraction of sp³-hybridized carbons (Fsp3) is 0.800. The van der Waals surface area contributed by atoms with E-state index in [2.05, 4.69) is 6.92 Å². The van der Waals surface area contributed by atoms with E-state index < -0.39 is 0 Å². The molecule has 1 unspecified atom stereocenters. The molecule has 4 heteroatoms. The molecule has 106 valence electrons. The molecule has 19 heavy (non-hydrogen) atoms. The first-order chi connectivity index (χ1) is 9.25. The van der Waals surface area contributed by atoms with Crippen LogP contribution in [0.4, 0.5) is 0 Å². The molecule has 0 saturated heterocycles. The Morgan fingerprint density at radius 3 is 2.79 bits per heavy atom. The van der Waals surface area contributed by atoms with Gasteiger partial charge in [0.2, 0.25) is 0 Å². The lowest BCUT2D eigenvalue weighted by molar-refractivity contribution is -0.0705. The third kappa shape index (κ3) is 2.46. The molecule has 3 rings (SSSR count). The van der Waals surface area contributed by atoms with Crippen LogP contribution in [-0.2, 0) is 16.8 Å². The first kappa shape index (κ1) is 13.5. The normalized spacial score (nSPS) is 26.1. The van der Waals surface area contributed by atoms with E-state index in [0.717, 1.165) is 38.0 Å². The summed E-state index contributed by atoms with van der Waals surface area (Å²) in [7, 11) is 0. The summed E-state index contributed by atoms with van der Waals surface area (Å²) in [5, 5.41) is 1.21. The summed E-state index contributed by atoms with van der Waals surface area (Å²) in [4.78, 5) is 6.33. The van der Waals surface area contributed by atoms with Gasteiger partial charge in [-0.25, -0.2) is 4.98 Å². The van der Waals surface area contributed by atoms with Crippen LogP contribution in [0.5, 0.6) is 0 Å². The van der Waals surface area contributed by atoms with E-state index in [1.165, 1.54) is 35.6 Å². The molecule has 2 N–H and O–H groups in total. The van der Waals surface area contributed by atoms with Gasteiger partial charge in [0.1, 0.15) is 10.6 Å². The second kappa shape index (κ2) is 5.51. The minimum absolute atomic E-state index is 0.102. The van der Waals surface area contributed by atoms with Crippen molar-refractivity contribution in [1.29, 1.82) is 0 Å². The van der Waals surface area contributed by atoms with Gasteiger partial charge in [-0.2, -0.15) is 0 Å². The summed E-state index contributed by atoms with van der Waals surface area (Å²) >= 11 is 1.87. The number of nitrogens with zero attached hydrogens (tertiary/aromatic N) is 1. The van der Waals surface area contributed by atoms with Crippen LogP contribution in [0.3, 0.4) is 0 Å². The largest absolute Gasteiger partial charge is 0.368 e. The summed E-state index contributed by atoms with van der Waals surface area (Å²) in [5.41, 5.74) is 7.27. The monoisotopic (exact) mass is 280 g/mol. The topological polar surface area (TPSA) is 48.1 Å². The Morgan fingerprint density at radius 1 is 1.32 bits per heavy atom. The Morgan fingerprint density at radius 2 is 2.11 bits per heavy atom. The van der Waals surface area contributed by atoms with E-state index in [0.29, 0.717) is 0 Å². The minimum atomic E-state index is -0.102. The Balaban J connectivity index is 1.94. The fourth-order valence-corrected chi connectivity index (χ4v) is 4.84. The molecule has 2 aliphatic carbocycles. The van der Waals surface area contributed by atoms with E-state index >= 15 is 0 Å². The number of rotatable bonds is 3. The quantitative estimate of drug-likeness (QED) is 0.919. The van der Waals surface area contributed by atoms with Crippen molar-refractivity contribution in [3.05, 3.63) is 15.6 Å². The number of fused-ring (bicyclic) bond motifs is 1. The molecule has 0 aromatic carbocycles. The van der Waals surface area contributed by atoms with Gasteiger partial charge in [0, 0.05) is 17.5 Å². The molecule has 1 aromatic rings. The molecule has 0 bridgehead atoms. The molecule has 2 aliphatic rings. The number of thiazole rings is 1. The molecule has 0 aliphatic heterocycles. The zero-order chi connectivity index (χ0) is 13.3. The van der Waals surface area contributed by atoms with Crippen molar-refractivity contribution < 1.29 is 4.74 Å². The molecule has 3 nitrogen and oxygen atoms in total. The Hall–Kier alpha value is -0.450. The number of hydrogen-bond donors (Lipinski definition) is 1. The average molecular weight is 280 g/mol. The van der Waals surface area contributed by atoms with Gasteiger partial charge < -0.3 is 10.5 Å². The van der Waals surface area contributed by atoms with Crippen LogP contribution in [0, 0.1) is 0 Å². The second-order valence-corrected chi connectivity index (χ2v) is 6.90. The van der Waals surface area contributed by atoms with E-state index in [4.69, 9.17) is 15.5 Å². The minimum Gasteiger partial charge on any atom is -0.368 e. The van der Waals surface area contributed by atoms with Gasteiger partial charge in [-0.05, 0) is 39.0 Å². The summed E-state index contributed by atoms with van der Waals surface area (Å²) in [6.07, 6.45) is 9.55. The van der Waals surface area contributed by atoms with Gasteiger partial charge in [0.05, 0.1) is 5.69 Å². The predicted octanol–water partition coefficient (Wildman–Crippen LogP) is 3.68. The molecule has 1 fully saturated rings. The highest BCUT2D eigenvalue weighted by Gasteiger charge is 2.39. The third-order valence-corrected chi connectivity index (χ3v) is 5.79. The highest BCUT2D eigenvalue weighted by atomic mass is 32.1. The van der Waals surface area contributed by atoms with Gasteiger partial charge in [-0.15, -0.1) is 11.3 Å². The highest BCUT2D eigenvalue weighted by molar-refractivity contribution is 7.11. The molecule has 0 amide bonds. The molecule has 1 saturated carbocycles. The van der Waals surface area contributed by atoms with Crippen molar-refractivity contribution in [2.24, 2.45) is 5.73 Å². The van der Waals surface area contributed by atoms with E-state index in [1.807, 2.05) is 11.3 Å². The lowest BCUT2D eigenvalue weighted by Crippen LogP contribution is -2.32. The zero-order valence-corrected chi connectivity index (χ0v) is 12.6. The average Bonchev–Trinajstić information content (AvgIpc) is 2.86. The molecular formula is C15H24N2OS. The summed E-state index contributed by atoms with van der Waals surface area (Å²) in [5.74, 6) is 0. The number of aromatic nitrogens is 1. The Bertz CT molecular complexity index is 432. The first-order valence-electron chi connectivity index (χ1n) is 7.65. The maximum Gasteiger partial charge on any atom is 0.125 e. The van der Waals surface area contributed by atoms with Gasteiger partial charge in [-0.3, -0.25) is 0 Å². The summed E-state index contributed by atoms with van der Waals surface area (Å²) < 4.78 is 6.18. The Labute approximate surface area is 119 Å². The molecule has 1 heterocycles. The van der Waals surface area contributed by atoms with Crippen LogP contribution < -0.4 is 5.73 Å². The van der Waals surface area contributed by atoms with E-state index in [9.17, 15) is 0 Å². The van der Waals surface area contributed by atoms with Crippen LogP contribution >= 0.6 is 11.3 Å². The summed E-state index contributed by atoms with van der Waals surface area (Å²) in [6, 6.07) is 0.149. The van der Waals surface area contributed by atoms with Crippen LogP contribution in [-0.4, -0.2) is 11.6 Å². The fourth-order valence-electron chi connectivity index (χ4n) is 3.47. The zero-order valence-electron chi connectivity index (χ0n) is 11.8. The lowest BCUT2D eigenvalue weighted by Gasteiger charge is -2.35. The van der Waals surface area contributed by atoms with E-state index in [-0.39, 0.29) is 11.6 Å². The number of ether oxygens (including phenoxy) is 1. The van der Waals surface area contributed by atoms with Crippen molar-refractivity contribution in [3.63, 3.8) is 0 Å². The number of nitrogens with two attached hydrogens (primary N) is 1. The molecule has 0 radical (unpaired) electrons. The highest BCUT2D eigenvalue weighted by Crippen LogP contribution is 2.44. The van der Waals surface area contributed by atoms with Gasteiger partial charge in [-0.1, -0.05) is 19.3 Å². The van der Waals surface area contributed by atoms with Crippen LogP contribution in [0.25, 0.3) is 0 Å². The lowest BCUT2D eigenvalue weighted by atomic mass is 9.85. The smallest absolute Gasteiger partial charge is 0.125 e. The van der Waals surface area contributed by atoms with Gasteiger partial charge in [0.25, 0.3) is 0 Å². The SMILES string of the molecule is CCOC1(c2nc3c(s2)CCCC3N)CCCCC1. The predicted molar refractivity (Wildman–Crippen MR) is 78.4 cm³/mol. The van der Waals surface area contributed by atoms with Crippen molar-refractivity contribution in [2.45, 2.75) is 69.9 Å². The first-order valence-corrected chi connectivity index (χ1v) is 8.46. The van der Waals surface area contributed by atoms with Crippen molar-refractivity contribution in [3.8, 4) is 0 Å². The maximum absolute atomic E-state index is 6.21. The molecular weight excluding hydrogens is 256 g/mol. The van der Waals surface area contributed by atoms with Crippen LogP contribution in [0.2, 0.25) is 0 Å². The van der Waals surface area contributed by atoms with Gasteiger partial charge >= 0.3 is 0 Å². The molecule has 1 aromatic heterocycles. The van der Waals surface area contributed by atoms with Crippen LogP contribution in [0.15, 0.2) is 0 Å². The number of aryl methyl sites for hydroxylation is 1. The van der Waals surface area contributed by atoms with Gasteiger partial charge in [0.15, 0.2) is 0 Å². The van der Waals surface area contributed by atoms with E-state index in [1.54, 1.807) is 0 Å². The van der Waals surface area contributed by atoms with Crippen LogP contribution in [0.1, 0.15) is 73.5 Å². The third-order valence-electron chi connectivity index (χ3n) is 4.47.